The molecule has 1 atom stereocenters. The van der Waals surface area contributed by atoms with Crippen LogP contribution in [-0.4, -0.2) is 40.6 Å². The van der Waals surface area contributed by atoms with Gasteiger partial charge < -0.3 is 15.2 Å². The summed E-state index contributed by atoms with van der Waals surface area (Å²) in [6.45, 7) is 5.04. The maximum absolute atomic E-state index is 12.6. The molecule has 0 fully saturated rings. The summed E-state index contributed by atoms with van der Waals surface area (Å²) in [5.41, 5.74) is 0.940. The quantitative estimate of drug-likeness (QED) is 0.733. The summed E-state index contributed by atoms with van der Waals surface area (Å²) in [6, 6.07) is 11.8. The number of carbonyl (C=O) groups excluding carboxylic acids is 3. The SMILES string of the molecule is CC(C)(C)OC(=O)NC(Cc1ccc(N2C(=O)c3ccccc3C2=O)cc1)C(=O)O. The first-order valence-corrected chi connectivity index (χ1v) is 9.36. The number of amides is 3. The highest BCUT2D eigenvalue weighted by Gasteiger charge is 2.36. The Balaban J connectivity index is 1.72. The van der Waals surface area contributed by atoms with E-state index >= 15 is 0 Å². The van der Waals surface area contributed by atoms with Crippen molar-refractivity contribution in [3.8, 4) is 0 Å². The Hall–Kier alpha value is -3.68. The predicted molar refractivity (Wildman–Crippen MR) is 109 cm³/mol. The van der Waals surface area contributed by atoms with Gasteiger partial charge in [-0.2, -0.15) is 0 Å². The number of aliphatic carboxylic acids is 1. The van der Waals surface area contributed by atoms with Crippen molar-refractivity contribution in [3.05, 3.63) is 65.2 Å². The molecule has 0 spiro atoms. The average molecular weight is 410 g/mol. The van der Waals surface area contributed by atoms with E-state index in [-0.39, 0.29) is 6.42 Å². The number of hydrogen-bond donors (Lipinski definition) is 2. The Kier molecular flexibility index (Phi) is 5.60. The van der Waals surface area contributed by atoms with Crippen molar-refractivity contribution < 1.29 is 29.0 Å². The molecule has 0 aliphatic carbocycles. The van der Waals surface area contributed by atoms with Gasteiger partial charge in [-0.25, -0.2) is 14.5 Å². The number of carbonyl (C=O) groups is 4. The molecule has 2 N–H and O–H groups in total. The number of nitrogens with zero attached hydrogens (tertiary/aromatic N) is 1. The second kappa shape index (κ2) is 7.98. The number of rotatable bonds is 5. The van der Waals surface area contributed by atoms with Gasteiger partial charge >= 0.3 is 12.1 Å². The molecular weight excluding hydrogens is 388 g/mol. The van der Waals surface area contributed by atoms with Crippen molar-refractivity contribution >= 4 is 29.6 Å². The largest absolute Gasteiger partial charge is 0.480 e. The Morgan fingerprint density at radius 2 is 1.53 bits per heavy atom. The zero-order chi connectivity index (χ0) is 22.1. The number of imide groups is 1. The third-order valence-electron chi connectivity index (χ3n) is 4.42. The molecule has 3 rings (SSSR count). The van der Waals surface area contributed by atoms with Gasteiger partial charge in [-0.05, 0) is 50.6 Å². The van der Waals surface area contributed by atoms with Crippen LogP contribution in [0.2, 0.25) is 0 Å². The van der Waals surface area contributed by atoms with Crippen LogP contribution in [0.1, 0.15) is 47.1 Å². The summed E-state index contributed by atoms with van der Waals surface area (Å²) in [6.07, 6.45) is -0.811. The van der Waals surface area contributed by atoms with Crippen molar-refractivity contribution in [2.45, 2.75) is 38.8 Å². The lowest BCUT2D eigenvalue weighted by molar-refractivity contribution is -0.139. The summed E-state index contributed by atoms with van der Waals surface area (Å²) in [7, 11) is 0. The summed E-state index contributed by atoms with van der Waals surface area (Å²) >= 11 is 0. The lowest BCUT2D eigenvalue weighted by atomic mass is 10.1. The zero-order valence-corrected chi connectivity index (χ0v) is 16.8. The summed E-state index contributed by atoms with van der Waals surface area (Å²) in [5, 5.41) is 11.7. The number of carboxylic acid groups (broad SMARTS) is 1. The molecule has 1 unspecified atom stereocenters. The fourth-order valence-corrected chi connectivity index (χ4v) is 3.09. The molecule has 30 heavy (non-hydrogen) atoms. The van der Waals surface area contributed by atoms with E-state index in [0.29, 0.717) is 22.4 Å². The van der Waals surface area contributed by atoms with Gasteiger partial charge in [0.05, 0.1) is 16.8 Å². The van der Waals surface area contributed by atoms with Crippen molar-refractivity contribution in [1.29, 1.82) is 0 Å². The summed E-state index contributed by atoms with van der Waals surface area (Å²) < 4.78 is 5.10. The number of anilines is 1. The van der Waals surface area contributed by atoms with Gasteiger partial charge in [0.2, 0.25) is 0 Å². The van der Waals surface area contributed by atoms with Gasteiger partial charge in [-0.15, -0.1) is 0 Å². The maximum atomic E-state index is 12.6. The molecule has 156 valence electrons. The van der Waals surface area contributed by atoms with Crippen LogP contribution in [-0.2, 0) is 16.0 Å². The fraction of sp³-hybridized carbons (Fsp3) is 0.273. The number of benzene rings is 2. The Labute approximate surface area is 173 Å². The topological polar surface area (TPSA) is 113 Å². The van der Waals surface area contributed by atoms with E-state index in [2.05, 4.69) is 5.32 Å². The minimum atomic E-state index is -1.20. The smallest absolute Gasteiger partial charge is 0.408 e. The number of carboxylic acids is 1. The highest BCUT2D eigenvalue weighted by atomic mass is 16.6. The molecule has 0 saturated carbocycles. The third-order valence-corrected chi connectivity index (χ3v) is 4.42. The highest BCUT2D eigenvalue weighted by Crippen LogP contribution is 2.28. The van der Waals surface area contributed by atoms with Crippen molar-refractivity contribution in [2.24, 2.45) is 0 Å². The summed E-state index contributed by atoms with van der Waals surface area (Å²) in [5.74, 6) is -2.01. The molecule has 0 bridgehead atoms. The standard InChI is InChI=1S/C22H22N2O6/c1-22(2,3)30-21(29)23-17(20(27)28)12-13-8-10-14(11-9-13)24-18(25)15-6-4-5-7-16(15)19(24)26/h4-11,17H,12H2,1-3H3,(H,23,29)(H,27,28). The van der Waals surface area contributed by atoms with Gasteiger partial charge in [0, 0.05) is 6.42 Å². The van der Waals surface area contributed by atoms with Crippen LogP contribution in [0.5, 0.6) is 0 Å². The molecule has 2 aromatic rings. The Morgan fingerprint density at radius 3 is 2.00 bits per heavy atom. The molecule has 1 aliphatic rings. The first-order valence-electron chi connectivity index (χ1n) is 9.36. The molecule has 0 radical (unpaired) electrons. The van der Waals surface area contributed by atoms with Gasteiger partial charge in [0.15, 0.2) is 0 Å². The van der Waals surface area contributed by atoms with Crippen LogP contribution in [0, 0.1) is 0 Å². The van der Waals surface area contributed by atoms with Crippen molar-refractivity contribution in [3.63, 3.8) is 0 Å². The Morgan fingerprint density at radius 1 is 1.00 bits per heavy atom. The van der Waals surface area contributed by atoms with E-state index in [9.17, 15) is 24.3 Å². The second-order valence-corrected chi connectivity index (χ2v) is 7.90. The van der Waals surface area contributed by atoms with E-state index in [4.69, 9.17) is 4.74 Å². The molecule has 3 amide bonds. The lowest BCUT2D eigenvalue weighted by Gasteiger charge is -2.22. The first kappa shape index (κ1) is 21.0. The molecule has 2 aromatic carbocycles. The third kappa shape index (κ3) is 4.48. The predicted octanol–water partition coefficient (Wildman–Crippen LogP) is 3.01. The maximum Gasteiger partial charge on any atom is 0.408 e. The minimum absolute atomic E-state index is 0.0109. The van der Waals surface area contributed by atoms with Crippen molar-refractivity contribution in [1.82, 2.24) is 5.32 Å². The van der Waals surface area contributed by atoms with Crippen LogP contribution in [0.3, 0.4) is 0 Å². The molecule has 8 heteroatoms. The van der Waals surface area contributed by atoms with E-state index in [1.165, 1.54) is 0 Å². The Bertz CT molecular complexity index is 972. The number of fused-ring (bicyclic) bond motifs is 1. The highest BCUT2D eigenvalue weighted by molar-refractivity contribution is 6.34. The van der Waals surface area contributed by atoms with Crippen LogP contribution < -0.4 is 10.2 Å². The zero-order valence-electron chi connectivity index (χ0n) is 16.8. The second-order valence-electron chi connectivity index (χ2n) is 7.90. The van der Waals surface area contributed by atoms with Crippen molar-refractivity contribution in [2.75, 3.05) is 4.90 Å². The molecule has 8 nitrogen and oxygen atoms in total. The van der Waals surface area contributed by atoms with Gasteiger partial charge in [-0.1, -0.05) is 24.3 Å². The van der Waals surface area contributed by atoms with Gasteiger partial charge in [-0.3, -0.25) is 9.59 Å². The monoisotopic (exact) mass is 410 g/mol. The number of alkyl carbamates (subject to hydrolysis) is 1. The number of ether oxygens (including phenoxy) is 1. The van der Waals surface area contributed by atoms with Crippen LogP contribution in [0.25, 0.3) is 0 Å². The molecule has 0 saturated heterocycles. The van der Waals surface area contributed by atoms with E-state index in [1.54, 1.807) is 69.3 Å². The molecule has 1 heterocycles. The van der Waals surface area contributed by atoms with Crippen LogP contribution >= 0.6 is 0 Å². The normalized spacial score (nSPS) is 14.3. The first-order chi connectivity index (χ1) is 14.1. The molecule has 1 aliphatic heterocycles. The van der Waals surface area contributed by atoms with Crippen LogP contribution in [0.4, 0.5) is 10.5 Å². The number of nitrogens with one attached hydrogen (secondary N) is 1. The average Bonchev–Trinajstić information content (AvgIpc) is 2.91. The lowest BCUT2D eigenvalue weighted by Crippen LogP contribution is -2.44. The minimum Gasteiger partial charge on any atom is -0.480 e. The number of hydrogen-bond acceptors (Lipinski definition) is 5. The molecular formula is C22H22N2O6. The van der Waals surface area contributed by atoms with E-state index in [0.717, 1.165) is 4.90 Å². The van der Waals surface area contributed by atoms with Crippen LogP contribution in [0.15, 0.2) is 48.5 Å². The molecule has 0 aromatic heterocycles. The summed E-state index contributed by atoms with van der Waals surface area (Å²) in [4.78, 5) is 49.6. The van der Waals surface area contributed by atoms with Gasteiger partial charge in [0.1, 0.15) is 11.6 Å². The van der Waals surface area contributed by atoms with E-state index in [1.807, 2.05) is 0 Å². The van der Waals surface area contributed by atoms with E-state index < -0.39 is 35.5 Å². The fourth-order valence-electron chi connectivity index (χ4n) is 3.09. The van der Waals surface area contributed by atoms with Gasteiger partial charge in [0.25, 0.3) is 11.8 Å².